The number of hydrogen-bond acceptors (Lipinski definition) is 4. The molecule has 6 heteroatoms. The Bertz CT molecular complexity index is 458. The number of unbranched alkanes of at least 4 members (excludes halogenated alkanes) is 8. The normalized spacial score (nSPS) is 11.8. The molecule has 0 amide bonds. The molecule has 0 saturated heterocycles. The van der Waals surface area contributed by atoms with Gasteiger partial charge in [-0.1, -0.05) is 58.4 Å². The first-order valence-electron chi connectivity index (χ1n) is 10.7. The van der Waals surface area contributed by atoms with Gasteiger partial charge in [-0.3, -0.25) is 0 Å². The van der Waals surface area contributed by atoms with Crippen molar-refractivity contribution in [3.63, 3.8) is 0 Å². The van der Waals surface area contributed by atoms with Gasteiger partial charge in [-0.25, -0.2) is 4.99 Å². The van der Waals surface area contributed by atoms with Crippen molar-refractivity contribution in [1.29, 1.82) is 0 Å². The third-order valence-electron chi connectivity index (χ3n) is 4.31. The molecule has 164 valence electrons. The second-order valence-corrected chi connectivity index (χ2v) is 7.19. The molecular weight excluding hydrogens is 354 g/mol. The lowest BCUT2D eigenvalue weighted by Crippen LogP contribution is -2.23. The summed E-state index contributed by atoms with van der Waals surface area (Å²) < 4.78 is 16.1. The number of hydrogen-bond donors (Lipinski definition) is 2. The van der Waals surface area contributed by atoms with Crippen LogP contribution in [0.3, 0.4) is 0 Å². The van der Waals surface area contributed by atoms with Gasteiger partial charge >= 0.3 is 0 Å². The van der Waals surface area contributed by atoms with E-state index in [1.807, 2.05) is 6.92 Å². The van der Waals surface area contributed by atoms with Crippen molar-refractivity contribution in [3.8, 4) is 0 Å². The monoisotopic (exact) mass is 397 g/mol. The average molecular weight is 398 g/mol. The molecule has 6 nitrogen and oxygen atoms in total. The molecule has 0 aliphatic carbocycles. The predicted octanol–water partition coefficient (Wildman–Crippen LogP) is 5.00. The summed E-state index contributed by atoms with van der Waals surface area (Å²) in [6.07, 6.45) is 12.5. The molecule has 0 aliphatic rings. The minimum Gasteiger partial charge on any atom is -0.491 e. The van der Waals surface area contributed by atoms with Gasteiger partial charge in [0.25, 0.3) is 0 Å². The average Bonchev–Trinajstić information content (AvgIpc) is 2.64. The van der Waals surface area contributed by atoms with Gasteiger partial charge in [0.15, 0.2) is 5.96 Å². The zero-order valence-electron chi connectivity index (χ0n) is 18.4. The minimum absolute atomic E-state index is 0.0716. The lowest BCUT2D eigenvalue weighted by atomic mass is 10.1. The van der Waals surface area contributed by atoms with E-state index >= 15 is 0 Å². The zero-order chi connectivity index (χ0) is 21.0. The molecule has 0 rings (SSSR count). The molecule has 0 radical (unpaired) electrons. The maximum absolute atomic E-state index is 5.91. The summed E-state index contributed by atoms with van der Waals surface area (Å²) in [7, 11) is 1.65. The molecule has 28 heavy (non-hydrogen) atoms. The lowest BCUT2D eigenvalue weighted by molar-refractivity contribution is -0.0315. The number of aliphatic imine (C=N–C) groups is 1. The smallest absolute Gasteiger partial charge is 0.190 e. The molecule has 0 saturated carbocycles. The summed E-state index contributed by atoms with van der Waals surface area (Å²) in [6, 6.07) is 0. The van der Waals surface area contributed by atoms with E-state index < -0.39 is 0 Å². The second kappa shape index (κ2) is 18.8. The first-order chi connectivity index (χ1) is 13.5. The van der Waals surface area contributed by atoms with Crippen molar-refractivity contribution in [1.82, 2.24) is 0 Å². The molecule has 0 atom stereocenters. The number of rotatable bonds is 19. The van der Waals surface area contributed by atoms with Gasteiger partial charge in [-0.2, -0.15) is 0 Å². The Kier molecular flexibility index (Phi) is 17.8. The van der Waals surface area contributed by atoms with Gasteiger partial charge in [-0.05, 0) is 38.2 Å². The molecular formula is C22H43N3O3. The third-order valence-corrected chi connectivity index (χ3v) is 4.31. The Morgan fingerprint density at radius 1 is 0.893 bits per heavy atom. The molecule has 0 fully saturated rings. The van der Waals surface area contributed by atoms with Crippen LogP contribution in [0.1, 0.15) is 84.5 Å². The van der Waals surface area contributed by atoms with Crippen LogP contribution < -0.4 is 11.5 Å². The van der Waals surface area contributed by atoms with Crippen LogP contribution >= 0.6 is 0 Å². The zero-order valence-corrected chi connectivity index (χ0v) is 18.4. The number of nitrogens with zero attached hydrogens (tertiary/aromatic N) is 1. The highest BCUT2D eigenvalue weighted by Gasteiger charge is 2.10. The highest BCUT2D eigenvalue weighted by molar-refractivity contribution is 5.77. The van der Waals surface area contributed by atoms with E-state index in [2.05, 4.69) is 18.5 Å². The maximum Gasteiger partial charge on any atom is 0.190 e. The highest BCUT2D eigenvalue weighted by atomic mass is 16.7. The fourth-order valence-corrected chi connectivity index (χ4v) is 2.85. The van der Waals surface area contributed by atoms with Crippen molar-refractivity contribution in [2.75, 3.05) is 27.1 Å². The van der Waals surface area contributed by atoms with E-state index in [0.29, 0.717) is 13.4 Å². The van der Waals surface area contributed by atoms with E-state index in [0.717, 1.165) is 55.7 Å². The molecule has 0 bridgehead atoms. The number of ether oxygens (including phenoxy) is 3. The molecule has 0 aliphatic heterocycles. The molecule has 0 unspecified atom stereocenters. The van der Waals surface area contributed by atoms with Gasteiger partial charge in [0.05, 0.1) is 12.3 Å². The van der Waals surface area contributed by atoms with E-state index in [1.165, 1.54) is 38.5 Å². The Labute approximate surface area is 172 Å². The van der Waals surface area contributed by atoms with E-state index in [4.69, 9.17) is 25.7 Å². The Morgan fingerprint density at radius 3 is 2.04 bits per heavy atom. The first-order valence-corrected chi connectivity index (χ1v) is 10.7. The lowest BCUT2D eigenvalue weighted by Gasteiger charge is -2.14. The van der Waals surface area contributed by atoms with Crippen molar-refractivity contribution in [2.24, 2.45) is 16.5 Å². The van der Waals surface area contributed by atoms with Crippen LogP contribution in [0.15, 0.2) is 28.6 Å². The standard InChI is InChI=1S/C22H43N3O3/c1-5-6-17-28-21(19(2)3)20(25-22(23)24)15-13-11-9-7-8-10-12-14-16-27-18-26-4/h2,5-18H2,1,3-4H3,(H4,23,24,25)/b21-20+. The van der Waals surface area contributed by atoms with Crippen molar-refractivity contribution in [3.05, 3.63) is 23.6 Å². The second-order valence-electron chi connectivity index (χ2n) is 7.19. The van der Waals surface area contributed by atoms with Crippen molar-refractivity contribution in [2.45, 2.75) is 84.5 Å². The van der Waals surface area contributed by atoms with Crippen LogP contribution in [0.25, 0.3) is 0 Å². The predicted molar refractivity (Wildman–Crippen MR) is 118 cm³/mol. The van der Waals surface area contributed by atoms with E-state index in [1.54, 1.807) is 7.11 Å². The van der Waals surface area contributed by atoms with Crippen LogP contribution in [0.5, 0.6) is 0 Å². The molecule has 4 N–H and O–H groups in total. The van der Waals surface area contributed by atoms with Crippen LogP contribution in [-0.4, -0.2) is 33.1 Å². The van der Waals surface area contributed by atoms with Gasteiger partial charge in [-0.15, -0.1) is 0 Å². The molecule has 0 aromatic heterocycles. The minimum atomic E-state index is 0.0716. The molecule has 0 heterocycles. The Balaban J connectivity index is 4.14. The topological polar surface area (TPSA) is 92.1 Å². The summed E-state index contributed by atoms with van der Waals surface area (Å²) in [5.74, 6) is 0.819. The summed E-state index contributed by atoms with van der Waals surface area (Å²) in [5.41, 5.74) is 12.9. The third kappa shape index (κ3) is 15.5. The highest BCUT2D eigenvalue weighted by Crippen LogP contribution is 2.22. The summed E-state index contributed by atoms with van der Waals surface area (Å²) in [5, 5.41) is 0. The van der Waals surface area contributed by atoms with Crippen LogP contribution in [-0.2, 0) is 14.2 Å². The van der Waals surface area contributed by atoms with E-state index in [-0.39, 0.29) is 5.96 Å². The van der Waals surface area contributed by atoms with Gasteiger partial charge in [0.1, 0.15) is 12.6 Å². The van der Waals surface area contributed by atoms with Crippen molar-refractivity contribution >= 4 is 5.96 Å². The van der Waals surface area contributed by atoms with Gasteiger partial charge in [0.2, 0.25) is 0 Å². The summed E-state index contributed by atoms with van der Waals surface area (Å²) in [4.78, 5) is 4.31. The number of nitrogens with two attached hydrogens (primary N) is 2. The van der Waals surface area contributed by atoms with Crippen molar-refractivity contribution < 1.29 is 14.2 Å². The molecule has 0 aromatic rings. The summed E-state index contributed by atoms with van der Waals surface area (Å²) in [6.45, 7) is 9.95. The van der Waals surface area contributed by atoms with Crippen LogP contribution in [0, 0.1) is 0 Å². The fraction of sp³-hybridized carbons (Fsp3) is 0.773. The molecule has 0 spiro atoms. The van der Waals surface area contributed by atoms with E-state index in [9.17, 15) is 0 Å². The quantitative estimate of drug-likeness (QED) is 0.0799. The van der Waals surface area contributed by atoms with Gasteiger partial charge < -0.3 is 25.7 Å². The van der Waals surface area contributed by atoms with Crippen LogP contribution in [0.4, 0.5) is 0 Å². The number of allylic oxidation sites excluding steroid dienone is 2. The van der Waals surface area contributed by atoms with Gasteiger partial charge in [0, 0.05) is 13.7 Å². The number of guanidine groups is 1. The number of methoxy groups -OCH3 is 1. The Morgan fingerprint density at radius 2 is 1.50 bits per heavy atom. The maximum atomic E-state index is 5.91. The largest absolute Gasteiger partial charge is 0.491 e. The molecule has 0 aromatic carbocycles. The SMILES string of the molecule is C=C(C)/C(OCCCC)=C(/CCCCCCCCCCOCOC)N=C(N)N. The fourth-order valence-electron chi connectivity index (χ4n) is 2.85. The summed E-state index contributed by atoms with van der Waals surface area (Å²) >= 11 is 0. The Hall–Kier alpha value is -1.53. The van der Waals surface area contributed by atoms with Crippen LogP contribution in [0.2, 0.25) is 0 Å². The first kappa shape index (κ1) is 26.5.